The Morgan fingerprint density at radius 1 is 1.08 bits per heavy atom. The molecule has 0 bridgehead atoms. The Kier molecular flexibility index (Phi) is 5.04. The molecule has 1 N–H and O–H groups in total. The monoisotopic (exact) mass is 358 g/mol. The van der Waals surface area contributed by atoms with E-state index < -0.39 is 10.0 Å². The van der Waals surface area contributed by atoms with Gasteiger partial charge in [-0.05, 0) is 24.1 Å². The maximum absolute atomic E-state index is 12.2. The lowest BCUT2D eigenvalue weighted by Gasteiger charge is -2.05. The topological polar surface area (TPSA) is 81.4 Å². The van der Waals surface area contributed by atoms with Crippen molar-refractivity contribution < 1.29 is 17.7 Å². The van der Waals surface area contributed by atoms with Gasteiger partial charge in [0.1, 0.15) is 5.75 Å². The lowest BCUT2D eigenvalue weighted by atomic mass is 10.1. The third-order valence-corrected chi connectivity index (χ3v) is 4.91. The van der Waals surface area contributed by atoms with Gasteiger partial charge in [0.2, 0.25) is 10.0 Å². The Morgan fingerprint density at radius 2 is 1.80 bits per heavy atom. The highest BCUT2D eigenvalue weighted by Gasteiger charge is 2.16. The summed E-state index contributed by atoms with van der Waals surface area (Å²) >= 11 is 0. The number of nitrogens with one attached hydrogen (secondary N) is 1. The van der Waals surface area contributed by atoms with E-state index in [9.17, 15) is 8.42 Å². The SMILES string of the molecule is COc1ccccc1-c1cc(NS(=O)(=O)CCc2ccccc2)no1. The lowest BCUT2D eigenvalue weighted by Crippen LogP contribution is -2.18. The number of ether oxygens (including phenoxy) is 1. The molecule has 7 heteroatoms. The number of benzene rings is 2. The van der Waals surface area contributed by atoms with Gasteiger partial charge in [-0.15, -0.1) is 0 Å². The third-order valence-electron chi connectivity index (χ3n) is 3.64. The van der Waals surface area contributed by atoms with Crippen LogP contribution in [-0.2, 0) is 16.4 Å². The number of anilines is 1. The van der Waals surface area contributed by atoms with E-state index in [4.69, 9.17) is 9.26 Å². The highest BCUT2D eigenvalue weighted by Crippen LogP contribution is 2.31. The molecule has 0 fully saturated rings. The Bertz CT molecular complexity index is 936. The summed E-state index contributed by atoms with van der Waals surface area (Å²) in [6.07, 6.45) is 0.424. The van der Waals surface area contributed by atoms with Crippen LogP contribution in [0.2, 0.25) is 0 Å². The summed E-state index contributed by atoms with van der Waals surface area (Å²) in [4.78, 5) is 0. The number of methoxy groups -OCH3 is 1. The molecule has 0 aliphatic heterocycles. The van der Waals surface area contributed by atoms with Crippen molar-refractivity contribution in [1.29, 1.82) is 0 Å². The molecular weight excluding hydrogens is 340 g/mol. The van der Waals surface area contributed by atoms with Crippen LogP contribution in [0, 0.1) is 0 Å². The third kappa shape index (κ3) is 4.39. The van der Waals surface area contributed by atoms with Gasteiger partial charge in [-0.1, -0.05) is 47.6 Å². The molecule has 130 valence electrons. The van der Waals surface area contributed by atoms with Gasteiger partial charge in [0, 0.05) is 6.07 Å². The predicted molar refractivity (Wildman–Crippen MR) is 96.0 cm³/mol. The Balaban J connectivity index is 1.70. The van der Waals surface area contributed by atoms with Gasteiger partial charge in [-0.2, -0.15) is 0 Å². The number of para-hydroxylation sites is 1. The summed E-state index contributed by atoms with van der Waals surface area (Å²) in [5.74, 6) is 1.16. The van der Waals surface area contributed by atoms with E-state index in [1.807, 2.05) is 48.5 Å². The average molecular weight is 358 g/mol. The van der Waals surface area contributed by atoms with Crippen LogP contribution in [0.1, 0.15) is 5.56 Å². The molecule has 3 rings (SSSR count). The number of aryl methyl sites for hydroxylation is 1. The molecule has 0 radical (unpaired) electrons. The van der Waals surface area contributed by atoms with Gasteiger partial charge in [-0.25, -0.2) is 8.42 Å². The van der Waals surface area contributed by atoms with Crippen molar-refractivity contribution in [2.75, 3.05) is 17.6 Å². The van der Waals surface area contributed by atoms with Crippen LogP contribution in [0.5, 0.6) is 5.75 Å². The largest absolute Gasteiger partial charge is 0.496 e. The fraction of sp³-hybridized carbons (Fsp3) is 0.167. The van der Waals surface area contributed by atoms with Crippen LogP contribution in [0.4, 0.5) is 5.82 Å². The molecule has 0 saturated carbocycles. The van der Waals surface area contributed by atoms with E-state index in [1.54, 1.807) is 13.2 Å². The second-order valence-electron chi connectivity index (χ2n) is 5.43. The number of hydrogen-bond acceptors (Lipinski definition) is 5. The zero-order valence-electron chi connectivity index (χ0n) is 13.7. The lowest BCUT2D eigenvalue weighted by molar-refractivity contribution is 0.407. The maximum atomic E-state index is 12.2. The van der Waals surface area contributed by atoms with Crippen molar-refractivity contribution in [2.45, 2.75) is 6.42 Å². The molecule has 0 unspecified atom stereocenters. The second-order valence-corrected chi connectivity index (χ2v) is 7.28. The quantitative estimate of drug-likeness (QED) is 0.700. The number of nitrogens with zero attached hydrogens (tertiary/aromatic N) is 1. The van der Waals surface area contributed by atoms with Crippen LogP contribution in [0.25, 0.3) is 11.3 Å². The normalized spacial score (nSPS) is 11.2. The minimum absolute atomic E-state index is 0.0339. The van der Waals surface area contributed by atoms with E-state index in [-0.39, 0.29) is 11.6 Å². The summed E-state index contributed by atoms with van der Waals surface area (Å²) < 4.78 is 37.4. The zero-order chi connectivity index (χ0) is 17.7. The average Bonchev–Trinajstić information content (AvgIpc) is 3.08. The van der Waals surface area contributed by atoms with E-state index in [0.29, 0.717) is 23.5 Å². The van der Waals surface area contributed by atoms with Gasteiger partial charge >= 0.3 is 0 Å². The van der Waals surface area contributed by atoms with Crippen molar-refractivity contribution in [2.24, 2.45) is 0 Å². The van der Waals surface area contributed by atoms with Crippen LogP contribution in [0.3, 0.4) is 0 Å². The van der Waals surface area contributed by atoms with Crippen molar-refractivity contribution in [3.8, 4) is 17.1 Å². The van der Waals surface area contributed by atoms with E-state index in [0.717, 1.165) is 5.56 Å². The summed E-state index contributed by atoms with van der Waals surface area (Å²) in [6.45, 7) is 0. The number of hydrogen-bond donors (Lipinski definition) is 1. The van der Waals surface area contributed by atoms with E-state index >= 15 is 0 Å². The standard InChI is InChI=1S/C18H18N2O4S/c1-23-16-10-6-5-9-15(16)17-13-18(19-24-17)20-25(21,22)12-11-14-7-3-2-4-8-14/h2-10,13H,11-12H2,1H3,(H,19,20). The van der Waals surface area contributed by atoms with Crippen LogP contribution >= 0.6 is 0 Å². The molecule has 6 nitrogen and oxygen atoms in total. The zero-order valence-corrected chi connectivity index (χ0v) is 14.5. The molecule has 1 heterocycles. The minimum Gasteiger partial charge on any atom is -0.496 e. The molecule has 3 aromatic rings. The van der Waals surface area contributed by atoms with Crippen molar-refractivity contribution in [3.63, 3.8) is 0 Å². The first-order valence-corrected chi connectivity index (χ1v) is 9.37. The fourth-order valence-corrected chi connectivity index (χ4v) is 3.43. The van der Waals surface area contributed by atoms with Crippen LogP contribution in [0.15, 0.2) is 65.2 Å². The Morgan fingerprint density at radius 3 is 2.56 bits per heavy atom. The number of rotatable bonds is 7. The highest BCUT2D eigenvalue weighted by atomic mass is 32.2. The Hall–Kier alpha value is -2.80. The fourth-order valence-electron chi connectivity index (χ4n) is 2.41. The summed E-state index contributed by atoms with van der Waals surface area (Å²) in [5, 5.41) is 3.79. The Labute approximate surface area is 146 Å². The molecular formula is C18H18N2O4S. The van der Waals surface area contributed by atoms with Gasteiger partial charge in [0.05, 0.1) is 18.4 Å². The highest BCUT2D eigenvalue weighted by molar-refractivity contribution is 7.92. The molecule has 0 atom stereocenters. The molecule has 25 heavy (non-hydrogen) atoms. The summed E-state index contributed by atoms with van der Waals surface area (Å²) in [6, 6.07) is 18.3. The van der Waals surface area contributed by atoms with Gasteiger partial charge in [0.25, 0.3) is 0 Å². The second kappa shape index (κ2) is 7.40. The number of sulfonamides is 1. The van der Waals surface area contributed by atoms with Crippen molar-refractivity contribution >= 4 is 15.8 Å². The first kappa shape index (κ1) is 17.0. The van der Waals surface area contributed by atoms with Gasteiger partial charge in [-0.3, -0.25) is 4.72 Å². The van der Waals surface area contributed by atoms with Crippen molar-refractivity contribution in [1.82, 2.24) is 5.16 Å². The molecule has 0 amide bonds. The minimum atomic E-state index is -3.52. The van der Waals surface area contributed by atoms with E-state index in [2.05, 4.69) is 9.88 Å². The maximum Gasteiger partial charge on any atom is 0.234 e. The first-order chi connectivity index (χ1) is 12.1. The molecule has 0 saturated heterocycles. The summed E-state index contributed by atoms with van der Waals surface area (Å²) in [7, 11) is -1.96. The van der Waals surface area contributed by atoms with Crippen molar-refractivity contribution in [3.05, 3.63) is 66.2 Å². The van der Waals surface area contributed by atoms with Crippen LogP contribution in [-0.4, -0.2) is 26.4 Å². The molecule has 0 aliphatic carbocycles. The van der Waals surface area contributed by atoms with Crippen LogP contribution < -0.4 is 9.46 Å². The summed E-state index contributed by atoms with van der Waals surface area (Å²) in [5.41, 5.74) is 1.66. The predicted octanol–water partition coefficient (Wildman–Crippen LogP) is 3.33. The molecule has 1 aromatic heterocycles. The van der Waals surface area contributed by atoms with Gasteiger partial charge in [0.15, 0.2) is 11.6 Å². The van der Waals surface area contributed by atoms with E-state index in [1.165, 1.54) is 6.07 Å². The molecule has 2 aromatic carbocycles. The molecule has 0 spiro atoms. The molecule has 0 aliphatic rings. The van der Waals surface area contributed by atoms with Gasteiger partial charge < -0.3 is 9.26 Å². The smallest absolute Gasteiger partial charge is 0.234 e. The first-order valence-electron chi connectivity index (χ1n) is 7.72. The number of aromatic nitrogens is 1.